The van der Waals surface area contributed by atoms with Crippen molar-refractivity contribution in [3.05, 3.63) is 58.6 Å². The van der Waals surface area contributed by atoms with Crippen molar-refractivity contribution >= 4 is 23.2 Å². The van der Waals surface area contributed by atoms with E-state index in [0.717, 1.165) is 5.56 Å². The van der Waals surface area contributed by atoms with Crippen LogP contribution in [0.15, 0.2) is 36.7 Å². The lowest BCUT2D eigenvalue weighted by atomic mass is 10.2. The van der Waals surface area contributed by atoms with E-state index in [4.69, 9.17) is 11.6 Å². The molecule has 2 aromatic rings. The fourth-order valence-corrected chi connectivity index (χ4v) is 2.05. The number of benzene rings is 1. The Balaban J connectivity index is 2.06. The van der Waals surface area contributed by atoms with E-state index in [1.54, 1.807) is 24.5 Å². The molecular formula is C15H15ClFN3O. The number of rotatable bonds is 5. The Morgan fingerprint density at radius 3 is 2.90 bits per heavy atom. The van der Waals surface area contributed by atoms with Gasteiger partial charge in [0.1, 0.15) is 5.82 Å². The smallest absolute Gasteiger partial charge is 0.253 e. The molecule has 0 aliphatic heterocycles. The second kappa shape index (κ2) is 7.04. The molecule has 6 heteroatoms. The number of amides is 1. The number of anilines is 1. The van der Waals surface area contributed by atoms with Crippen LogP contribution in [0.3, 0.4) is 0 Å². The second-order valence-corrected chi connectivity index (χ2v) is 4.79. The van der Waals surface area contributed by atoms with Crippen molar-refractivity contribution in [3.63, 3.8) is 0 Å². The van der Waals surface area contributed by atoms with Gasteiger partial charge in [-0.2, -0.15) is 0 Å². The van der Waals surface area contributed by atoms with Crippen LogP contribution in [-0.4, -0.2) is 17.4 Å². The van der Waals surface area contributed by atoms with E-state index in [1.165, 1.54) is 12.1 Å². The quantitative estimate of drug-likeness (QED) is 0.891. The van der Waals surface area contributed by atoms with Crippen molar-refractivity contribution in [1.82, 2.24) is 10.3 Å². The van der Waals surface area contributed by atoms with E-state index < -0.39 is 5.82 Å². The Morgan fingerprint density at radius 1 is 1.38 bits per heavy atom. The summed E-state index contributed by atoms with van der Waals surface area (Å²) in [6.45, 7) is 2.90. The lowest BCUT2D eigenvalue weighted by Gasteiger charge is -2.10. The van der Waals surface area contributed by atoms with Gasteiger partial charge in [-0.25, -0.2) is 4.39 Å². The predicted octanol–water partition coefficient (Wildman–Crippen LogP) is 3.24. The Labute approximate surface area is 127 Å². The third-order valence-electron chi connectivity index (χ3n) is 2.87. The molecule has 2 N–H and O–H groups in total. The van der Waals surface area contributed by atoms with Crippen molar-refractivity contribution in [1.29, 1.82) is 0 Å². The van der Waals surface area contributed by atoms with Gasteiger partial charge in [0, 0.05) is 19.3 Å². The van der Waals surface area contributed by atoms with Gasteiger partial charge in [-0.3, -0.25) is 9.78 Å². The number of nitrogens with one attached hydrogen (secondary N) is 2. The monoisotopic (exact) mass is 307 g/mol. The molecule has 0 radical (unpaired) electrons. The summed E-state index contributed by atoms with van der Waals surface area (Å²) >= 11 is 5.71. The average Bonchev–Trinajstić information content (AvgIpc) is 2.49. The Morgan fingerprint density at radius 2 is 2.19 bits per heavy atom. The van der Waals surface area contributed by atoms with Gasteiger partial charge < -0.3 is 10.6 Å². The summed E-state index contributed by atoms with van der Waals surface area (Å²) in [4.78, 5) is 16.2. The van der Waals surface area contributed by atoms with Crippen LogP contribution in [0.25, 0.3) is 0 Å². The number of hydrogen-bond donors (Lipinski definition) is 2. The Kier molecular flexibility index (Phi) is 5.11. The largest absolute Gasteiger partial charge is 0.383 e. The molecule has 1 heterocycles. The second-order valence-electron chi connectivity index (χ2n) is 4.38. The molecule has 2 rings (SSSR count). The summed E-state index contributed by atoms with van der Waals surface area (Å²) in [6, 6.07) is 6.00. The molecule has 1 aromatic carbocycles. The van der Waals surface area contributed by atoms with E-state index >= 15 is 0 Å². The Bertz CT molecular complexity index is 649. The number of nitrogens with zero attached hydrogens (tertiary/aromatic N) is 1. The van der Waals surface area contributed by atoms with Gasteiger partial charge in [0.05, 0.1) is 22.5 Å². The minimum absolute atomic E-state index is 0.0407. The molecule has 1 amide bonds. The predicted molar refractivity (Wildman–Crippen MR) is 81.0 cm³/mol. The van der Waals surface area contributed by atoms with Crippen LogP contribution in [-0.2, 0) is 6.54 Å². The third-order valence-corrected chi connectivity index (χ3v) is 3.16. The minimum Gasteiger partial charge on any atom is -0.383 e. The number of carbonyl (C=O) groups is 1. The van der Waals surface area contributed by atoms with Crippen LogP contribution < -0.4 is 10.6 Å². The number of halogens is 2. The summed E-state index contributed by atoms with van der Waals surface area (Å²) in [5.41, 5.74) is 1.92. The molecule has 0 atom stereocenters. The first-order valence-electron chi connectivity index (χ1n) is 6.51. The zero-order valence-electron chi connectivity index (χ0n) is 11.5. The molecule has 0 fully saturated rings. The zero-order valence-corrected chi connectivity index (χ0v) is 12.2. The first kappa shape index (κ1) is 15.3. The maximum atomic E-state index is 13.1. The maximum absolute atomic E-state index is 13.1. The molecule has 0 saturated heterocycles. The zero-order chi connectivity index (χ0) is 15.2. The molecule has 21 heavy (non-hydrogen) atoms. The SMILES string of the molecule is CCNc1cnccc1C(=O)NCc1ccc(F)c(Cl)c1. The summed E-state index contributed by atoms with van der Waals surface area (Å²) in [6.07, 6.45) is 3.16. The fourth-order valence-electron chi connectivity index (χ4n) is 1.85. The van der Waals surface area contributed by atoms with Crippen molar-refractivity contribution in [2.75, 3.05) is 11.9 Å². The van der Waals surface area contributed by atoms with Crippen molar-refractivity contribution in [2.24, 2.45) is 0 Å². The Hall–Kier alpha value is -2.14. The minimum atomic E-state index is -0.477. The van der Waals surface area contributed by atoms with Crippen LogP contribution in [0.5, 0.6) is 0 Å². The van der Waals surface area contributed by atoms with Gasteiger partial charge in [-0.05, 0) is 30.7 Å². The first-order valence-corrected chi connectivity index (χ1v) is 6.89. The molecule has 0 bridgehead atoms. The van der Waals surface area contributed by atoms with Gasteiger partial charge in [-0.15, -0.1) is 0 Å². The van der Waals surface area contributed by atoms with E-state index in [9.17, 15) is 9.18 Å². The van der Waals surface area contributed by atoms with E-state index in [2.05, 4.69) is 15.6 Å². The standard InChI is InChI=1S/C15H15ClFN3O/c1-2-19-14-9-18-6-5-11(14)15(21)20-8-10-3-4-13(17)12(16)7-10/h3-7,9,19H,2,8H2,1H3,(H,20,21). The van der Waals surface area contributed by atoms with Crippen molar-refractivity contribution < 1.29 is 9.18 Å². The highest BCUT2D eigenvalue weighted by atomic mass is 35.5. The van der Waals surface area contributed by atoms with Crippen LogP contribution >= 0.6 is 11.6 Å². The van der Waals surface area contributed by atoms with E-state index in [0.29, 0.717) is 17.8 Å². The van der Waals surface area contributed by atoms with Gasteiger partial charge in [0.15, 0.2) is 0 Å². The lowest BCUT2D eigenvalue weighted by Crippen LogP contribution is -2.24. The number of aromatic nitrogens is 1. The highest BCUT2D eigenvalue weighted by molar-refractivity contribution is 6.30. The van der Waals surface area contributed by atoms with Gasteiger partial charge in [0.2, 0.25) is 0 Å². The molecule has 0 unspecified atom stereocenters. The molecule has 110 valence electrons. The van der Waals surface area contributed by atoms with E-state index in [-0.39, 0.29) is 17.5 Å². The maximum Gasteiger partial charge on any atom is 0.253 e. The summed E-state index contributed by atoms with van der Waals surface area (Å²) < 4.78 is 13.1. The molecule has 4 nitrogen and oxygen atoms in total. The van der Waals surface area contributed by atoms with Crippen LogP contribution in [0.4, 0.5) is 10.1 Å². The summed E-state index contributed by atoms with van der Waals surface area (Å²) in [7, 11) is 0. The number of hydrogen-bond acceptors (Lipinski definition) is 3. The van der Waals surface area contributed by atoms with Gasteiger partial charge in [0.25, 0.3) is 5.91 Å². The number of carbonyl (C=O) groups excluding carboxylic acids is 1. The van der Waals surface area contributed by atoms with Crippen LogP contribution in [0.1, 0.15) is 22.8 Å². The van der Waals surface area contributed by atoms with Gasteiger partial charge in [-0.1, -0.05) is 17.7 Å². The average molecular weight is 308 g/mol. The third kappa shape index (κ3) is 3.92. The summed E-state index contributed by atoms with van der Waals surface area (Å²) in [5, 5.41) is 5.89. The normalized spacial score (nSPS) is 10.2. The molecule has 1 aromatic heterocycles. The molecule has 0 aliphatic rings. The fraction of sp³-hybridized carbons (Fsp3) is 0.200. The molecule has 0 aliphatic carbocycles. The van der Waals surface area contributed by atoms with Crippen LogP contribution in [0, 0.1) is 5.82 Å². The highest BCUT2D eigenvalue weighted by Gasteiger charge is 2.11. The molecular weight excluding hydrogens is 293 g/mol. The highest BCUT2D eigenvalue weighted by Crippen LogP contribution is 2.17. The van der Waals surface area contributed by atoms with Gasteiger partial charge >= 0.3 is 0 Å². The van der Waals surface area contributed by atoms with E-state index in [1.807, 2.05) is 6.92 Å². The van der Waals surface area contributed by atoms with Crippen LogP contribution in [0.2, 0.25) is 5.02 Å². The lowest BCUT2D eigenvalue weighted by molar-refractivity contribution is 0.0951. The molecule has 0 saturated carbocycles. The van der Waals surface area contributed by atoms with Crippen molar-refractivity contribution in [2.45, 2.75) is 13.5 Å². The first-order chi connectivity index (χ1) is 10.1. The van der Waals surface area contributed by atoms with Crippen molar-refractivity contribution in [3.8, 4) is 0 Å². The summed E-state index contributed by atoms with van der Waals surface area (Å²) in [5.74, 6) is -0.705. The topological polar surface area (TPSA) is 54.0 Å². The number of pyridine rings is 1. The molecule has 0 spiro atoms.